The second-order valence-electron chi connectivity index (χ2n) is 8.11. The SMILES string of the molecule is CC(C)C[C@H](NC(=O)c1ccc(NC(=O)OC[C@H]2CCCN2C)cc1)C(=O)NCC#N. The first-order chi connectivity index (χ1) is 14.8. The summed E-state index contributed by atoms with van der Waals surface area (Å²) in [5.41, 5.74) is 0.861. The number of amides is 3. The molecule has 1 aromatic carbocycles. The number of benzene rings is 1. The molecule has 2 rings (SSSR count). The van der Waals surface area contributed by atoms with Gasteiger partial charge in [-0.25, -0.2) is 4.79 Å². The summed E-state index contributed by atoms with van der Waals surface area (Å²) >= 11 is 0. The van der Waals surface area contributed by atoms with E-state index in [9.17, 15) is 14.4 Å². The number of likely N-dealkylation sites (N-methyl/N-ethyl adjacent to an activating group) is 1. The standard InChI is InChI=1S/C22H31N5O4/c1-15(2)13-19(21(29)24-11-10-23)26-20(28)16-6-8-17(9-7-16)25-22(30)31-14-18-5-4-12-27(18)3/h6-9,15,18-19H,4-5,11-14H2,1-3H3,(H,24,29)(H,25,30)(H,26,28)/t18-,19+/m1/s1. The van der Waals surface area contributed by atoms with Crippen LogP contribution in [0.1, 0.15) is 43.5 Å². The number of ether oxygens (including phenoxy) is 1. The summed E-state index contributed by atoms with van der Waals surface area (Å²) in [7, 11) is 2.02. The van der Waals surface area contributed by atoms with Gasteiger partial charge in [-0.2, -0.15) is 5.26 Å². The third-order valence-corrected chi connectivity index (χ3v) is 5.14. The molecule has 2 atom stereocenters. The summed E-state index contributed by atoms with van der Waals surface area (Å²) in [6, 6.07) is 7.70. The number of carbonyl (C=O) groups is 3. The van der Waals surface area contributed by atoms with Gasteiger partial charge < -0.3 is 20.3 Å². The van der Waals surface area contributed by atoms with E-state index < -0.39 is 23.9 Å². The predicted molar refractivity (Wildman–Crippen MR) is 116 cm³/mol. The van der Waals surface area contributed by atoms with Crippen LogP contribution in [0.15, 0.2) is 24.3 Å². The maximum atomic E-state index is 12.6. The van der Waals surface area contributed by atoms with E-state index in [4.69, 9.17) is 10.00 Å². The number of likely N-dealkylation sites (tertiary alicyclic amines) is 1. The lowest BCUT2D eigenvalue weighted by molar-refractivity contribution is -0.123. The van der Waals surface area contributed by atoms with Crippen molar-refractivity contribution in [3.63, 3.8) is 0 Å². The van der Waals surface area contributed by atoms with E-state index in [1.165, 1.54) is 0 Å². The fourth-order valence-corrected chi connectivity index (χ4v) is 3.41. The molecule has 0 spiro atoms. The van der Waals surface area contributed by atoms with Crippen molar-refractivity contribution < 1.29 is 19.1 Å². The van der Waals surface area contributed by atoms with Gasteiger partial charge in [0.2, 0.25) is 5.91 Å². The fraction of sp³-hybridized carbons (Fsp3) is 0.545. The predicted octanol–water partition coefficient (Wildman–Crippen LogP) is 2.11. The zero-order valence-electron chi connectivity index (χ0n) is 18.3. The highest BCUT2D eigenvalue weighted by atomic mass is 16.5. The topological polar surface area (TPSA) is 124 Å². The van der Waals surface area contributed by atoms with Gasteiger partial charge in [0, 0.05) is 17.3 Å². The molecule has 3 amide bonds. The quantitative estimate of drug-likeness (QED) is 0.517. The number of carbonyl (C=O) groups excluding carboxylic acids is 3. The van der Waals surface area contributed by atoms with E-state index in [0.717, 1.165) is 19.4 Å². The van der Waals surface area contributed by atoms with Crippen LogP contribution in [0.25, 0.3) is 0 Å². The fourth-order valence-electron chi connectivity index (χ4n) is 3.41. The molecular formula is C22H31N5O4. The van der Waals surface area contributed by atoms with Gasteiger partial charge in [-0.05, 0) is 63.0 Å². The largest absolute Gasteiger partial charge is 0.448 e. The number of anilines is 1. The second-order valence-corrected chi connectivity index (χ2v) is 8.11. The molecule has 0 saturated carbocycles. The van der Waals surface area contributed by atoms with E-state index in [1.807, 2.05) is 27.0 Å². The number of nitrogens with one attached hydrogen (secondary N) is 3. The normalized spacial score (nSPS) is 16.9. The zero-order chi connectivity index (χ0) is 22.8. The van der Waals surface area contributed by atoms with Crippen LogP contribution in [-0.2, 0) is 9.53 Å². The van der Waals surface area contributed by atoms with Gasteiger partial charge in [0.1, 0.15) is 19.2 Å². The van der Waals surface area contributed by atoms with Crippen LogP contribution in [0, 0.1) is 17.2 Å². The Hall–Kier alpha value is -3.12. The Morgan fingerprint density at radius 1 is 1.26 bits per heavy atom. The maximum Gasteiger partial charge on any atom is 0.411 e. The van der Waals surface area contributed by atoms with Crippen LogP contribution < -0.4 is 16.0 Å². The van der Waals surface area contributed by atoms with Crippen molar-refractivity contribution in [1.82, 2.24) is 15.5 Å². The summed E-state index contributed by atoms with van der Waals surface area (Å²) in [6.45, 7) is 5.13. The van der Waals surface area contributed by atoms with E-state index >= 15 is 0 Å². The summed E-state index contributed by atoms with van der Waals surface area (Å²) < 4.78 is 5.29. The molecule has 31 heavy (non-hydrogen) atoms. The van der Waals surface area contributed by atoms with Crippen LogP contribution >= 0.6 is 0 Å². The summed E-state index contributed by atoms with van der Waals surface area (Å²) in [5, 5.41) is 16.5. The van der Waals surface area contributed by atoms with Gasteiger partial charge in [0.25, 0.3) is 5.91 Å². The molecule has 0 bridgehead atoms. The molecule has 0 aromatic heterocycles. The minimum atomic E-state index is -0.734. The average Bonchev–Trinajstić information content (AvgIpc) is 3.14. The Morgan fingerprint density at radius 3 is 2.55 bits per heavy atom. The second kappa shape index (κ2) is 11.9. The van der Waals surface area contributed by atoms with E-state index in [1.54, 1.807) is 24.3 Å². The van der Waals surface area contributed by atoms with Crippen LogP contribution in [-0.4, -0.2) is 61.6 Å². The van der Waals surface area contributed by atoms with Crippen LogP contribution in [0.5, 0.6) is 0 Å². The molecule has 1 aliphatic rings. The van der Waals surface area contributed by atoms with Crippen LogP contribution in [0.4, 0.5) is 10.5 Å². The highest BCUT2D eigenvalue weighted by Gasteiger charge is 2.23. The molecular weight excluding hydrogens is 398 g/mol. The first kappa shape index (κ1) is 24.2. The van der Waals surface area contributed by atoms with Gasteiger partial charge in [-0.15, -0.1) is 0 Å². The van der Waals surface area contributed by atoms with Crippen molar-refractivity contribution in [1.29, 1.82) is 5.26 Å². The first-order valence-corrected chi connectivity index (χ1v) is 10.5. The Kier molecular flexibility index (Phi) is 9.28. The molecule has 0 aliphatic carbocycles. The highest BCUT2D eigenvalue weighted by Crippen LogP contribution is 2.16. The maximum absolute atomic E-state index is 12.6. The number of hydrogen-bond donors (Lipinski definition) is 3. The zero-order valence-corrected chi connectivity index (χ0v) is 18.3. The van der Waals surface area contributed by atoms with Crippen LogP contribution in [0.2, 0.25) is 0 Å². The van der Waals surface area contributed by atoms with Crippen molar-refractivity contribution in [2.45, 2.75) is 45.2 Å². The molecule has 9 nitrogen and oxygen atoms in total. The molecule has 168 valence electrons. The van der Waals surface area contributed by atoms with E-state index in [2.05, 4.69) is 20.9 Å². The Bertz CT molecular complexity index is 803. The monoisotopic (exact) mass is 429 g/mol. The number of nitrogens with zero attached hydrogens (tertiary/aromatic N) is 2. The van der Waals surface area contributed by atoms with E-state index in [-0.39, 0.29) is 18.5 Å². The molecule has 1 fully saturated rings. The number of rotatable bonds is 9. The number of hydrogen-bond acceptors (Lipinski definition) is 6. The third-order valence-electron chi connectivity index (χ3n) is 5.14. The molecule has 0 unspecified atom stereocenters. The van der Waals surface area contributed by atoms with E-state index in [0.29, 0.717) is 24.3 Å². The molecule has 9 heteroatoms. The van der Waals surface area contributed by atoms with Crippen molar-refractivity contribution in [2.75, 3.05) is 32.1 Å². The van der Waals surface area contributed by atoms with Crippen LogP contribution in [0.3, 0.4) is 0 Å². The first-order valence-electron chi connectivity index (χ1n) is 10.5. The summed E-state index contributed by atoms with van der Waals surface area (Å²) in [5.74, 6) is -0.617. The molecule has 1 saturated heterocycles. The lowest BCUT2D eigenvalue weighted by Crippen LogP contribution is -2.47. The average molecular weight is 430 g/mol. The summed E-state index contributed by atoms with van der Waals surface area (Å²) in [4.78, 5) is 39.0. The summed E-state index contributed by atoms with van der Waals surface area (Å²) in [6.07, 6.45) is 2.03. The van der Waals surface area contributed by atoms with Crippen molar-refractivity contribution in [3.8, 4) is 6.07 Å². The lowest BCUT2D eigenvalue weighted by atomic mass is 10.0. The van der Waals surface area contributed by atoms with Gasteiger partial charge in [0.05, 0.1) is 6.07 Å². The Morgan fingerprint density at radius 2 is 1.97 bits per heavy atom. The third kappa shape index (κ3) is 7.90. The minimum Gasteiger partial charge on any atom is -0.448 e. The van der Waals surface area contributed by atoms with Crippen molar-refractivity contribution >= 4 is 23.6 Å². The Balaban J connectivity index is 1.88. The molecule has 0 radical (unpaired) electrons. The van der Waals surface area contributed by atoms with Gasteiger partial charge in [0.15, 0.2) is 0 Å². The van der Waals surface area contributed by atoms with Crippen molar-refractivity contribution in [3.05, 3.63) is 29.8 Å². The minimum absolute atomic E-state index is 0.114. The van der Waals surface area contributed by atoms with Gasteiger partial charge >= 0.3 is 6.09 Å². The smallest absolute Gasteiger partial charge is 0.411 e. The lowest BCUT2D eigenvalue weighted by Gasteiger charge is -2.20. The van der Waals surface area contributed by atoms with Crippen molar-refractivity contribution in [2.24, 2.45) is 5.92 Å². The van der Waals surface area contributed by atoms with Gasteiger partial charge in [-0.3, -0.25) is 14.9 Å². The molecule has 1 heterocycles. The Labute approximate surface area is 183 Å². The number of nitriles is 1. The van der Waals surface area contributed by atoms with Gasteiger partial charge in [-0.1, -0.05) is 13.8 Å². The molecule has 1 aliphatic heterocycles. The highest BCUT2D eigenvalue weighted by molar-refractivity contribution is 5.98. The molecule has 3 N–H and O–H groups in total. The molecule has 1 aromatic rings.